The molecule has 0 bridgehead atoms. The number of hydrogen-bond donors (Lipinski definition) is 1. The van der Waals surface area contributed by atoms with E-state index in [0.29, 0.717) is 6.61 Å². The molecule has 1 N–H and O–H groups in total. The third-order valence-corrected chi connectivity index (χ3v) is 4.12. The number of methoxy groups -OCH3 is 1. The molecule has 0 amide bonds. The van der Waals surface area contributed by atoms with Crippen LogP contribution in [0.2, 0.25) is 0 Å². The van der Waals surface area contributed by atoms with Gasteiger partial charge < -0.3 is 10.1 Å². The van der Waals surface area contributed by atoms with Crippen LogP contribution in [0.5, 0.6) is 0 Å². The van der Waals surface area contributed by atoms with Gasteiger partial charge in [0.2, 0.25) is 0 Å². The highest BCUT2D eigenvalue weighted by Gasteiger charge is 2.07. The zero-order valence-corrected chi connectivity index (χ0v) is 13.5. The van der Waals surface area contributed by atoms with E-state index in [-0.39, 0.29) is 0 Å². The third-order valence-electron chi connectivity index (χ3n) is 3.38. The molecule has 0 saturated heterocycles. The first-order valence-corrected chi connectivity index (χ1v) is 7.62. The average molecular weight is 334 g/mol. The van der Waals surface area contributed by atoms with Crippen molar-refractivity contribution < 1.29 is 4.74 Å². The highest BCUT2D eigenvalue weighted by molar-refractivity contribution is 9.10. The Balaban J connectivity index is 2.16. The Morgan fingerprint density at radius 1 is 1.05 bits per heavy atom. The van der Waals surface area contributed by atoms with Crippen LogP contribution in [0.3, 0.4) is 0 Å². The molecule has 0 heterocycles. The number of rotatable bonds is 6. The van der Waals surface area contributed by atoms with E-state index in [0.717, 1.165) is 28.7 Å². The number of anilines is 1. The van der Waals surface area contributed by atoms with Crippen LogP contribution in [0.25, 0.3) is 0 Å². The van der Waals surface area contributed by atoms with Gasteiger partial charge >= 0.3 is 0 Å². The summed E-state index contributed by atoms with van der Waals surface area (Å²) in [6.45, 7) is 3.62. The van der Waals surface area contributed by atoms with Crippen LogP contribution in [0.4, 0.5) is 5.69 Å². The van der Waals surface area contributed by atoms with Gasteiger partial charge in [0, 0.05) is 29.4 Å². The summed E-state index contributed by atoms with van der Waals surface area (Å²) in [5.74, 6) is 0. The van der Waals surface area contributed by atoms with E-state index in [9.17, 15) is 0 Å². The van der Waals surface area contributed by atoms with Crippen LogP contribution in [0, 0.1) is 0 Å². The van der Waals surface area contributed by atoms with Gasteiger partial charge in [0.05, 0.1) is 6.61 Å². The van der Waals surface area contributed by atoms with Crippen LogP contribution in [0.15, 0.2) is 46.9 Å². The summed E-state index contributed by atoms with van der Waals surface area (Å²) in [5.41, 5.74) is 5.01. The fourth-order valence-corrected chi connectivity index (χ4v) is 2.76. The fraction of sp³-hybridized carbons (Fsp3) is 0.294. The number of ether oxygens (including phenoxy) is 1. The van der Waals surface area contributed by atoms with Crippen LogP contribution in [0.1, 0.15) is 23.6 Å². The lowest BCUT2D eigenvalue weighted by Crippen LogP contribution is -2.05. The molecule has 0 saturated carbocycles. The van der Waals surface area contributed by atoms with Crippen molar-refractivity contribution >= 4 is 21.6 Å². The van der Waals surface area contributed by atoms with Gasteiger partial charge in [-0.3, -0.25) is 0 Å². The number of hydrogen-bond acceptors (Lipinski definition) is 2. The Hall–Kier alpha value is -1.32. The monoisotopic (exact) mass is 333 g/mol. The summed E-state index contributed by atoms with van der Waals surface area (Å²) >= 11 is 3.58. The quantitative estimate of drug-likeness (QED) is 0.822. The SMILES string of the molecule is CCc1ccccc1CNc1cccc(Br)c1COC. The summed E-state index contributed by atoms with van der Waals surface area (Å²) in [5, 5.41) is 3.52. The van der Waals surface area contributed by atoms with E-state index in [2.05, 4.69) is 58.5 Å². The maximum absolute atomic E-state index is 5.28. The molecule has 20 heavy (non-hydrogen) atoms. The molecule has 0 radical (unpaired) electrons. The van der Waals surface area contributed by atoms with Gasteiger partial charge in [-0.05, 0) is 29.7 Å². The highest BCUT2D eigenvalue weighted by Crippen LogP contribution is 2.26. The van der Waals surface area contributed by atoms with Crippen LogP contribution < -0.4 is 5.32 Å². The van der Waals surface area contributed by atoms with Crippen LogP contribution in [-0.4, -0.2) is 7.11 Å². The number of nitrogens with one attached hydrogen (secondary N) is 1. The minimum absolute atomic E-state index is 0.596. The Morgan fingerprint density at radius 2 is 1.80 bits per heavy atom. The molecule has 2 rings (SSSR count). The van der Waals surface area contributed by atoms with Crippen molar-refractivity contribution in [3.8, 4) is 0 Å². The minimum atomic E-state index is 0.596. The molecule has 0 unspecified atom stereocenters. The molecule has 2 nitrogen and oxygen atoms in total. The zero-order valence-electron chi connectivity index (χ0n) is 11.9. The number of benzene rings is 2. The van der Waals surface area contributed by atoms with Crippen molar-refractivity contribution in [1.29, 1.82) is 0 Å². The number of halogens is 1. The molecular weight excluding hydrogens is 314 g/mol. The molecule has 0 fully saturated rings. The predicted octanol–water partition coefficient (Wildman–Crippen LogP) is 4.77. The van der Waals surface area contributed by atoms with E-state index in [1.807, 2.05) is 12.1 Å². The van der Waals surface area contributed by atoms with Crippen LogP contribution >= 0.6 is 15.9 Å². The molecular formula is C17H20BrNO. The van der Waals surface area contributed by atoms with E-state index in [1.165, 1.54) is 11.1 Å². The van der Waals surface area contributed by atoms with Gasteiger partial charge in [-0.25, -0.2) is 0 Å². The lowest BCUT2D eigenvalue weighted by molar-refractivity contribution is 0.185. The molecule has 0 aliphatic carbocycles. The first-order chi connectivity index (χ1) is 9.76. The van der Waals surface area contributed by atoms with Crippen molar-refractivity contribution in [3.63, 3.8) is 0 Å². The zero-order chi connectivity index (χ0) is 14.4. The van der Waals surface area contributed by atoms with E-state index in [4.69, 9.17) is 4.74 Å². The van der Waals surface area contributed by atoms with Crippen molar-refractivity contribution in [3.05, 3.63) is 63.6 Å². The second-order valence-electron chi connectivity index (χ2n) is 4.67. The Labute approximate surface area is 129 Å². The van der Waals surface area contributed by atoms with Gasteiger partial charge in [-0.15, -0.1) is 0 Å². The third kappa shape index (κ3) is 3.62. The summed E-state index contributed by atoms with van der Waals surface area (Å²) in [7, 11) is 1.72. The summed E-state index contributed by atoms with van der Waals surface area (Å²) in [6, 6.07) is 14.7. The predicted molar refractivity (Wildman–Crippen MR) is 88.0 cm³/mol. The Morgan fingerprint density at radius 3 is 2.50 bits per heavy atom. The maximum atomic E-state index is 5.28. The van der Waals surface area contributed by atoms with Gasteiger partial charge in [-0.1, -0.05) is 53.2 Å². The number of aryl methyl sites for hydroxylation is 1. The molecule has 3 heteroatoms. The lowest BCUT2D eigenvalue weighted by atomic mass is 10.1. The first kappa shape index (κ1) is 15.1. The smallest absolute Gasteiger partial charge is 0.0744 e. The summed E-state index contributed by atoms with van der Waals surface area (Å²) < 4.78 is 6.35. The van der Waals surface area contributed by atoms with Gasteiger partial charge in [-0.2, -0.15) is 0 Å². The van der Waals surface area contributed by atoms with E-state index in [1.54, 1.807) is 7.11 Å². The summed E-state index contributed by atoms with van der Waals surface area (Å²) in [4.78, 5) is 0. The largest absolute Gasteiger partial charge is 0.381 e. The molecule has 0 aliphatic heterocycles. The van der Waals surface area contributed by atoms with Gasteiger partial charge in [0.15, 0.2) is 0 Å². The average Bonchev–Trinajstić information content (AvgIpc) is 2.48. The van der Waals surface area contributed by atoms with Crippen molar-refractivity contribution in [1.82, 2.24) is 0 Å². The minimum Gasteiger partial charge on any atom is -0.381 e. The molecule has 106 valence electrons. The fourth-order valence-electron chi connectivity index (χ4n) is 2.28. The lowest BCUT2D eigenvalue weighted by Gasteiger charge is -2.15. The van der Waals surface area contributed by atoms with Crippen molar-refractivity contribution in [2.45, 2.75) is 26.5 Å². The topological polar surface area (TPSA) is 21.3 Å². The Kier molecular flexibility index (Phi) is 5.62. The van der Waals surface area contributed by atoms with E-state index >= 15 is 0 Å². The molecule has 2 aromatic rings. The van der Waals surface area contributed by atoms with Gasteiger partial charge in [0.25, 0.3) is 0 Å². The molecule has 0 aliphatic rings. The molecule has 0 aromatic heterocycles. The second kappa shape index (κ2) is 7.46. The van der Waals surface area contributed by atoms with Crippen molar-refractivity contribution in [2.75, 3.05) is 12.4 Å². The van der Waals surface area contributed by atoms with Crippen LogP contribution in [-0.2, 0) is 24.3 Å². The normalized spacial score (nSPS) is 10.6. The highest BCUT2D eigenvalue weighted by atomic mass is 79.9. The van der Waals surface area contributed by atoms with Gasteiger partial charge in [0.1, 0.15) is 0 Å². The second-order valence-corrected chi connectivity index (χ2v) is 5.53. The van der Waals surface area contributed by atoms with Crippen molar-refractivity contribution in [2.24, 2.45) is 0 Å². The summed E-state index contributed by atoms with van der Waals surface area (Å²) in [6.07, 6.45) is 1.06. The standard InChI is InChI=1S/C17H20BrNO/c1-3-13-7-4-5-8-14(13)11-19-17-10-6-9-16(18)15(17)12-20-2/h4-10,19H,3,11-12H2,1-2H3. The molecule has 0 atom stereocenters. The Bertz CT molecular complexity index is 569. The molecule has 0 spiro atoms. The maximum Gasteiger partial charge on any atom is 0.0744 e. The molecule has 2 aromatic carbocycles. The van der Waals surface area contributed by atoms with E-state index < -0.39 is 0 Å². The first-order valence-electron chi connectivity index (χ1n) is 6.83.